The predicted molar refractivity (Wildman–Crippen MR) is 103 cm³/mol. The Morgan fingerprint density at radius 3 is 2.08 bits per heavy atom. The molecular weight excluding hydrogens is 314 g/mol. The monoisotopic (exact) mass is 341 g/mol. The molecule has 4 nitrogen and oxygen atoms in total. The van der Waals surface area contributed by atoms with Crippen molar-refractivity contribution < 1.29 is 14.6 Å². The average molecular weight is 341 g/mol. The van der Waals surface area contributed by atoms with E-state index >= 15 is 0 Å². The number of benzene rings is 2. The van der Waals surface area contributed by atoms with Crippen LogP contribution < -0.4 is 9.47 Å². The molecule has 0 aliphatic heterocycles. The lowest BCUT2D eigenvalue weighted by Crippen LogP contribution is -2.22. The first-order valence-corrected chi connectivity index (χ1v) is 8.55. The van der Waals surface area contributed by atoms with Crippen LogP contribution in [0.15, 0.2) is 36.4 Å². The summed E-state index contributed by atoms with van der Waals surface area (Å²) in [5.74, 6) is 1.76. The van der Waals surface area contributed by atoms with Crippen LogP contribution in [-0.4, -0.2) is 37.3 Å². The van der Waals surface area contributed by atoms with E-state index in [9.17, 15) is 5.11 Å². The van der Waals surface area contributed by atoms with E-state index in [0.29, 0.717) is 17.2 Å². The minimum Gasteiger partial charge on any atom is -0.508 e. The summed E-state index contributed by atoms with van der Waals surface area (Å²) in [6.07, 6.45) is 4.06. The van der Waals surface area contributed by atoms with E-state index in [1.165, 1.54) is 0 Å². The number of methoxy groups -OCH3 is 2. The standard InChI is InChI=1S/C21H27NO3/c1-5-22(6-2)15-18-13-16(9-11-19(18)23)7-8-17-10-12-20(24-3)21(14-17)25-4/h7-14,23H,5-6,15H2,1-4H3/b8-7+. The zero-order chi connectivity index (χ0) is 18.2. The van der Waals surface area contributed by atoms with E-state index < -0.39 is 0 Å². The number of phenolic OH excluding ortho intramolecular Hbond substituents is 1. The molecule has 0 saturated heterocycles. The maximum Gasteiger partial charge on any atom is 0.161 e. The highest BCUT2D eigenvalue weighted by molar-refractivity contribution is 5.71. The van der Waals surface area contributed by atoms with Crippen LogP contribution >= 0.6 is 0 Å². The molecule has 0 atom stereocenters. The molecule has 0 radical (unpaired) electrons. The van der Waals surface area contributed by atoms with Crippen LogP contribution in [0.25, 0.3) is 12.2 Å². The summed E-state index contributed by atoms with van der Waals surface area (Å²) >= 11 is 0. The molecule has 1 N–H and O–H groups in total. The molecule has 0 amide bonds. The summed E-state index contributed by atoms with van der Waals surface area (Å²) in [6, 6.07) is 11.5. The Morgan fingerprint density at radius 2 is 1.48 bits per heavy atom. The minimum absolute atomic E-state index is 0.343. The zero-order valence-electron chi connectivity index (χ0n) is 15.5. The summed E-state index contributed by atoms with van der Waals surface area (Å²) in [6.45, 7) is 6.92. The van der Waals surface area contributed by atoms with E-state index in [1.807, 2.05) is 42.5 Å². The first-order valence-electron chi connectivity index (χ1n) is 8.55. The van der Waals surface area contributed by atoms with Crippen LogP contribution in [0.2, 0.25) is 0 Å². The number of phenols is 1. The zero-order valence-corrected chi connectivity index (χ0v) is 15.5. The third kappa shape index (κ3) is 5.00. The highest BCUT2D eigenvalue weighted by atomic mass is 16.5. The van der Waals surface area contributed by atoms with E-state index in [0.717, 1.165) is 36.3 Å². The summed E-state index contributed by atoms with van der Waals surface area (Å²) in [5.41, 5.74) is 3.02. The van der Waals surface area contributed by atoms with Crippen LogP contribution in [0.5, 0.6) is 17.2 Å². The topological polar surface area (TPSA) is 41.9 Å². The maximum atomic E-state index is 10.1. The quantitative estimate of drug-likeness (QED) is 0.722. The number of hydrogen-bond acceptors (Lipinski definition) is 4. The summed E-state index contributed by atoms with van der Waals surface area (Å²) in [4.78, 5) is 2.27. The molecule has 0 heterocycles. The summed E-state index contributed by atoms with van der Waals surface area (Å²) < 4.78 is 10.6. The van der Waals surface area contributed by atoms with Crippen molar-refractivity contribution in [3.8, 4) is 17.2 Å². The molecule has 0 saturated carbocycles. The number of hydrogen-bond donors (Lipinski definition) is 1. The van der Waals surface area contributed by atoms with Gasteiger partial charge in [-0.25, -0.2) is 0 Å². The molecule has 0 aromatic heterocycles. The Kier molecular flexibility index (Phi) is 6.90. The number of aromatic hydroxyl groups is 1. The van der Waals surface area contributed by atoms with Gasteiger partial charge in [0.1, 0.15) is 5.75 Å². The number of rotatable bonds is 8. The lowest BCUT2D eigenvalue weighted by atomic mass is 10.1. The van der Waals surface area contributed by atoms with Crippen LogP contribution in [0.4, 0.5) is 0 Å². The van der Waals surface area contributed by atoms with Gasteiger partial charge in [-0.15, -0.1) is 0 Å². The van der Waals surface area contributed by atoms with Gasteiger partial charge in [-0.1, -0.05) is 38.1 Å². The highest BCUT2D eigenvalue weighted by Crippen LogP contribution is 2.28. The normalized spacial score (nSPS) is 11.2. The van der Waals surface area contributed by atoms with Crippen LogP contribution in [-0.2, 0) is 6.54 Å². The lowest BCUT2D eigenvalue weighted by Gasteiger charge is -2.18. The molecule has 4 heteroatoms. The van der Waals surface area contributed by atoms with Gasteiger partial charge in [0.05, 0.1) is 14.2 Å². The number of nitrogens with zero attached hydrogens (tertiary/aromatic N) is 1. The van der Waals surface area contributed by atoms with Gasteiger partial charge in [0.15, 0.2) is 11.5 Å². The van der Waals surface area contributed by atoms with Gasteiger partial charge in [0.2, 0.25) is 0 Å². The molecule has 2 aromatic rings. The van der Waals surface area contributed by atoms with Crippen LogP contribution in [0, 0.1) is 0 Å². The van der Waals surface area contributed by atoms with Crippen molar-refractivity contribution in [3.63, 3.8) is 0 Å². The molecule has 2 aromatic carbocycles. The molecule has 0 spiro atoms. The van der Waals surface area contributed by atoms with Gasteiger partial charge in [-0.2, -0.15) is 0 Å². The minimum atomic E-state index is 0.343. The molecule has 0 fully saturated rings. The second kappa shape index (κ2) is 9.14. The van der Waals surface area contributed by atoms with E-state index in [-0.39, 0.29) is 0 Å². The SMILES string of the molecule is CCN(CC)Cc1cc(/C=C/c2ccc(OC)c(OC)c2)ccc1O. The van der Waals surface area contributed by atoms with E-state index in [2.05, 4.69) is 18.7 Å². The van der Waals surface area contributed by atoms with Crippen molar-refractivity contribution in [2.24, 2.45) is 0 Å². The van der Waals surface area contributed by atoms with Crippen molar-refractivity contribution in [3.05, 3.63) is 53.1 Å². The van der Waals surface area contributed by atoms with Crippen LogP contribution in [0.3, 0.4) is 0 Å². The largest absolute Gasteiger partial charge is 0.508 e. The van der Waals surface area contributed by atoms with Crippen molar-refractivity contribution in [1.29, 1.82) is 0 Å². The molecular formula is C21H27NO3. The summed E-state index contributed by atoms with van der Waals surface area (Å²) in [5, 5.41) is 10.1. The van der Waals surface area contributed by atoms with Crippen molar-refractivity contribution in [1.82, 2.24) is 4.90 Å². The second-order valence-corrected chi connectivity index (χ2v) is 5.80. The Bertz CT molecular complexity index is 721. The maximum absolute atomic E-state index is 10.1. The molecule has 2 rings (SSSR count). The molecule has 0 aliphatic rings. The second-order valence-electron chi connectivity index (χ2n) is 5.80. The van der Waals surface area contributed by atoms with Gasteiger partial charge in [-0.05, 0) is 48.5 Å². The Balaban J connectivity index is 2.21. The smallest absolute Gasteiger partial charge is 0.161 e. The van der Waals surface area contributed by atoms with E-state index in [4.69, 9.17) is 9.47 Å². The molecule has 134 valence electrons. The Morgan fingerprint density at radius 1 is 0.880 bits per heavy atom. The first kappa shape index (κ1) is 18.9. The van der Waals surface area contributed by atoms with Gasteiger partial charge < -0.3 is 14.6 Å². The van der Waals surface area contributed by atoms with Crippen molar-refractivity contribution in [2.75, 3.05) is 27.3 Å². The fourth-order valence-corrected chi connectivity index (χ4v) is 2.67. The van der Waals surface area contributed by atoms with Gasteiger partial charge in [0.25, 0.3) is 0 Å². The van der Waals surface area contributed by atoms with Crippen molar-refractivity contribution >= 4 is 12.2 Å². The third-order valence-corrected chi connectivity index (χ3v) is 4.27. The third-order valence-electron chi connectivity index (χ3n) is 4.27. The van der Waals surface area contributed by atoms with Crippen LogP contribution in [0.1, 0.15) is 30.5 Å². The lowest BCUT2D eigenvalue weighted by molar-refractivity contribution is 0.291. The van der Waals surface area contributed by atoms with E-state index in [1.54, 1.807) is 20.3 Å². The molecule has 0 unspecified atom stereocenters. The van der Waals surface area contributed by atoms with Gasteiger partial charge >= 0.3 is 0 Å². The molecule has 0 bridgehead atoms. The van der Waals surface area contributed by atoms with Gasteiger partial charge in [-0.3, -0.25) is 4.90 Å². The fraction of sp³-hybridized carbons (Fsp3) is 0.333. The first-order chi connectivity index (χ1) is 12.1. The molecule has 0 aliphatic carbocycles. The highest BCUT2D eigenvalue weighted by Gasteiger charge is 2.07. The fourth-order valence-electron chi connectivity index (χ4n) is 2.67. The van der Waals surface area contributed by atoms with Gasteiger partial charge in [0, 0.05) is 12.1 Å². The Labute approximate surface area is 150 Å². The predicted octanol–water partition coefficient (Wildman–Crippen LogP) is 4.42. The molecule has 25 heavy (non-hydrogen) atoms. The number of ether oxygens (including phenoxy) is 2. The average Bonchev–Trinajstić information content (AvgIpc) is 2.65. The summed E-state index contributed by atoms with van der Waals surface area (Å²) in [7, 11) is 3.26. The van der Waals surface area contributed by atoms with Crippen molar-refractivity contribution in [2.45, 2.75) is 20.4 Å². The Hall–Kier alpha value is -2.46.